The molecule has 60 valence electrons. The maximum absolute atomic E-state index is 4.13. The van der Waals surface area contributed by atoms with Crippen LogP contribution in [0.25, 0.3) is 10.9 Å². The third-order valence-corrected chi connectivity index (χ3v) is 1.94. The number of hydrogen-bond donors (Lipinski definition) is 0. The number of aromatic nitrogens is 2. The van der Waals surface area contributed by atoms with E-state index >= 15 is 0 Å². The molecule has 0 aliphatic carbocycles. The molecule has 0 aliphatic rings. The van der Waals surface area contributed by atoms with Crippen molar-refractivity contribution in [2.24, 2.45) is 0 Å². The Labute approximate surface area is 71.3 Å². The van der Waals surface area contributed by atoms with Crippen LogP contribution in [0.4, 0.5) is 0 Å². The Hall–Kier alpha value is -1.44. The van der Waals surface area contributed by atoms with Gasteiger partial charge in [0.1, 0.15) is 0 Å². The van der Waals surface area contributed by atoms with Crippen LogP contribution in [0.3, 0.4) is 0 Å². The first-order valence-electron chi connectivity index (χ1n) is 3.97. The standard InChI is InChI=1S/C10H10N2/c1-7-4-3-5-9-6-8(2)11-12-10(7)9/h3-6H,1-2H3. The number of benzene rings is 1. The number of rotatable bonds is 0. The van der Waals surface area contributed by atoms with Gasteiger partial charge in [-0.1, -0.05) is 18.2 Å². The van der Waals surface area contributed by atoms with Crippen molar-refractivity contribution in [2.75, 3.05) is 0 Å². The molecule has 0 spiro atoms. The Kier molecular flexibility index (Phi) is 1.54. The zero-order chi connectivity index (χ0) is 8.55. The van der Waals surface area contributed by atoms with E-state index < -0.39 is 0 Å². The molecule has 12 heavy (non-hydrogen) atoms. The average molecular weight is 158 g/mol. The molecule has 2 heteroatoms. The van der Waals surface area contributed by atoms with E-state index in [1.54, 1.807) is 0 Å². The lowest BCUT2D eigenvalue weighted by Crippen LogP contribution is -1.89. The molecular formula is C10H10N2. The molecule has 0 radical (unpaired) electrons. The second-order valence-electron chi connectivity index (χ2n) is 3.00. The van der Waals surface area contributed by atoms with Gasteiger partial charge in [-0.05, 0) is 25.5 Å². The lowest BCUT2D eigenvalue weighted by Gasteiger charge is -1.99. The summed E-state index contributed by atoms with van der Waals surface area (Å²) in [5, 5.41) is 9.32. The lowest BCUT2D eigenvalue weighted by molar-refractivity contribution is 1.01. The van der Waals surface area contributed by atoms with Crippen LogP contribution in [0.2, 0.25) is 0 Å². The molecular weight excluding hydrogens is 148 g/mol. The van der Waals surface area contributed by atoms with Crippen LogP contribution in [-0.2, 0) is 0 Å². The summed E-state index contributed by atoms with van der Waals surface area (Å²) in [7, 11) is 0. The number of hydrogen-bond acceptors (Lipinski definition) is 2. The van der Waals surface area contributed by atoms with Gasteiger partial charge in [0, 0.05) is 5.39 Å². The first-order valence-corrected chi connectivity index (χ1v) is 3.97. The summed E-state index contributed by atoms with van der Waals surface area (Å²) in [6.45, 7) is 4.00. The van der Waals surface area contributed by atoms with Crippen LogP contribution in [0.5, 0.6) is 0 Å². The number of nitrogens with zero attached hydrogens (tertiary/aromatic N) is 2. The van der Waals surface area contributed by atoms with Crippen molar-refractivity contribution in [3.8, 4) is 0 Å². The minimum absolute atomic E-state index is 0.966. The van der Waals surface area contributed by atoms with Crippen molar-refractivity contribution in [3.63, 3.8) is 0 Å². The Morgan fingerprint density at radius 1 is 1.08 bits per heavy atom. The first kappa shape index (κ1) is 7.22. The van der Waals surface area contributed by atoms with E-state index in [-0.39, 0.29) is 0 Å². The Balaban J connectivity index is 2.86. The fraction of sp³-hybridized carbons (Fsp3) is 0.200. The minimum atomic E-state index is 0.966. The molecule has 0 fully saturated rings. The van der Waals surface area contributed by atoms with Crippen molar-refractivity contribution >= 4 is 10.9 Å². The first-order chi connectivity index (χ1) is 5.77. The van der Waals surface area contributed by atoms with E-state index in [1.165, 1.54) is 10.9 Å². The Morgan fingerprint density at radius 2 is 1.92 bits per heavy atom. The molecule has 2 aromatic rings. The number of aryl methyl sites for hydroxylation is 2. The maximum Gasteiger partial charge on any atom is 0.0958 e. The Morgan fingerprint density at radius 3 is 2.75 bits per heavy atom. The molecule has 0 N–H and O–H groups in total. The molecule has 0 saturated carbocycles. The highest BCUT2D eigenvalue weighted by Gasteiger charge is 1.97. The predicted molar refractivity (Wildman–Crippen MR) is 49.0 cm³/mol. The van der Waals surface area contributed by atoms with E-state index in [4.69, 9.17) is 0 Å². The van der Waals surface area contributed by atoms with Gasteiger partial charge in [-0.2, -0.15) is 5.10 Å². The minimum Gasteiger partial charge on any atom is -0.155 e. The molecule has 1 aromatic carbocycles. The van der Waals surface area contributed by atoms with Gasteiger partial charge in [0.15, 0.2) is 0 Å². The SMILES string of the molecule is Cc1cc2cccc(C)c2nn1. The van der Waals surface area contributed by atoms with Gasteiger partial charge in [-0.3, -0.25) is 0 Å². The number of fused-ring (bicyclic) bond motifs is 1. The summed E-state index contributed by atoms with van der Waals surface area (Å²) in [6.07, 6.45) is 0. The average Bonchev–Trinajstić information content (AvgIpc) is 2.04. The van der Waals surface area contributed by atoms with Crippen molar-refractivity contribution in [1.82, 2.24) is 10.2 Å². The van der Waals surface area contributed by atoms with Gasteiger partial charge >= 0.3 is 0 Å². The van der Waals surface area contributed by atoms with Crippen molar-refractivity contribution in [1.29, 1.82) is 0 Å². The predicted octanol–water partition coefficient (Wildman–Crippen LogP) is 2.25. The lowest BCUT2D eigenvalue weighted by atomic mass is 10.1. The van der Waals surface area contributed by atoms with E-state index in [1.807, 2.05) is 26.0 Å². The maximum atomic E-state index is 4.13. The highest BCUT2D eigenvalue weighted by Crippen LogP contribution is 2.14. The Bertz CT molecular complexity index is 421. The van der Waals surface area contributed by atoms with Crippen molar-refractivity contribution in [3.05, 3.63) is 35.5 Å². The molecule has 0 amide bonds. The van der Waals surface area contributed by atoms with E-state index in [0.29, 0.717) is 0 Å². The van der Waals surface area contributed by atoms with Crippen LogP contribution in [0.1, 0.15) is 11.3 Å². The molecule has 0 atom stereocenters. The molecule has 1 aromatic heterocycles. The highest BCUT2D eigenvalue weighted by molar-refractivity contribution is 5.81. The summed E-state index contributed by atoms with van der Waals surface area (Å²) in [5.41, 5.74) is 3.15. The van der Waals surface area contributed by atoms with E-state index in [0.717, 1.165) is 11.2 Å². The van der Waals surface area contributed by atoms with Gasteiger partial charge in [-0.25, -0.2) is 0 Å². The highest BCUT2D eigenvalue weighted by atomic mass is 15.1. The summed E-state index contributed by atoms with van der Waals surface area (Å²) < 4.78 is 0. The monoisotopic (exact) mass is 158 g/mol. The zero-order valence-electron chi connectivity index (χ0n) is 7.20. The van der Waals surface area contributed by atoms with E-state index in [2.05, 4.69) is 22.3 Å². The third-order valence-electron chi connectivity index (χ3n) is 1.94. The molecule has 0 saturated heterocycles. The van der Waals surface area contributed by atoms with Gasteiger partial charge < -0.3 is 0 Å². The quantitative estimate of drug-likeness (QED) is 0.587. The molecule has 0 unspecified atom stereocenters. The topological polar surface area (TPSA) is 25.8 Å². The second-order valence-corrected chi connectivity index (χ2v) is 3.00. The second kappa shape index (κ2) is 2.55. The van der Waals surface area contributed by atoms with Crippen LogP contribution in [0, 0.1) is 13.8 Å². The van der Waals surface area contributed by atoms with Gasteiger partial charge in [-0.15, -0.1) is 5.10 Å². The molecule has 0 aliphatic heterocycles. The van der Waals surface area contributed by atoms with Crippen LogP contribution < -0.4 is 0 Å². The largest absolute Gasteiger partial charge is 0.155 e. The normalized spacial score (nSPS) is 10.5. The van der Waals surface area contributed by atoms with Crippen LogP contribution in [-0.4, -0.2) is 10.2 Å². The van der Waals surface area contributed by atoms with Gasteiger partial charge in [0.25, 0.3) is 0 Å². The summed E-state index contributed by atoms with van der Waals surface area (Å²) in [6, 6.07) is 8.20. The van der Waals surface area contributed by atoms with Gasteiger partial charge in [0.05, 0.1) is 11.2 Å². The zero-order valence-corrected chi connectivity index (χ0v) is 7.20. The molecule has 2 rings (SSSR count). The van der Waals surface area contributed by atoms with Gasteiger partial charge in [0.2, 0.25) is 0 Å². The van der Waals surface area contributed by atoms with Crippen LogP contribution >= 0.6 is 0 Å². The summed E-state index contributed by atoms with van der Waals surface area (Å²) in [4.78, 5) is 0. The summed E-state index contributed by atoms with van der Waals surface area (Å²) >= 11 is 0. The third kappa shape index (κ3) is 1.05. The van der Waals surface area contributed by atoms with Crippen molar-refractivity contribution < 1.29 is 0 Å². The fourth-order valence-corrected chi connectivity index (χ4v) is 1.32. The molecule has 1 heterocycles. The summed E-state index contributed by atoms with van der Waals surface area (Å²) in [5.74, 6) is 0. The van der Waals surface area contributed by atoms with Crippen molar-refractivity contribution in [2.45, 2.75) is 13.8 Å². The van der Waals surface area contributed by atoms with E-state index in [9.17, 15) is 0 Å². The van der Waals surface area contributed by atoms with Crippen LogP contribution in [0.15, 0.2) is 24.3 Å². The molecule has 2 nitrogen and oxygen atoms in total. The fourth-order valence-electron chi connectivity index (χ4n) is 1.32. The smallest absolute Gasteiger partial charge is 0.0958 e. The molecule has 0 bridgehead atoms.